The number of rotatable bonds is 7. The van der Waals surface area contributed by atoms with Crippen molar-refractivity contribution < 1.29 is 0 Å². The number of nitrogens with zero attached hydrogens (tertiary/aromatic N) is 1. The summed E-state index contributed by atoms with van der Waals surface area (Å²) in [6, 6.07) is 97.8. The van der Waals surface area contributed by atoms with Gasteiger partial charge in [0, 0.05) is 21.9 Å². The summed E-state index contributed by atoms with van der Waals surface area (Å²) >= 11 is 0. The maximum absolute atomic E-state index is 2.55. The minimum Gasteiger partial charge on any atom is -0.309 e. The van der Waals surface area contributed by atoms with Gasteiger partial charge >= 0.3 is 0 Å². The Balaban J connectivity index is 0.705. The fourth-order valence-corrected chi connectivity index (χ4v) is 14.0. The second kappa shape index (κ2) is 17.1. The maximum atomic E-state index is 2.55. The largest absolute Gasteiger partial charge is 0.309 e. The first-order valence-electron chi connectivity index (χ1n) is 27.9. The van der Waals surface area contributed by atoms with Crippen molar-refractivity contribution in [1.82, 2.24) is 4.57 Å². The smallest absolute Gasteiger partial charge is 0.0541 e. The van der Waals surface area contributed by atoms with Crippen LogP contribution in [0.4, 0.5) is 0 Å². The highest BCUT2D eigenvalue weighted by Crippen LogP contribution is 2.59. The Kier molecular flexibility index (Phi) is 9.59. The normalized spacial score (nSPS) is 16.2. The fourth-order valence-electron chi connectivity index (χ4n) is 14.0. The number of fused-ring (bicyclic) bond motifs is 13. The molecule has 0 aliphatic heterocycles. The summed E-state index contributed by atoms with van der Waals surface area (Å²) in [7, 11) is 0. The summed E-state index contributed by atoms with van der Waals surface area (Å²) in [5.41, 5.74) is 23.1. The standard InChI is InChI=1S/C78H51N/c1-4-14-64-57(11-1)41-60-43-63(35-36-67(60)64)79-76-37-31-54(51-23-21-49(22-24-51)50-25-27-52(28-26-50)72-46-58-12-2-5-15-65(58)68-17-7-9-19-70(68)72)44-74(76)75-45-55(32-38-77(75)79)56-39-40-78(48-62(78)42-56)61-33-29-53(30-34-61)73-47-59-13-3-6-16-66(59)69-18-8-10-20-71(69)73/h1-40,42-47,62H,41,48H2. The molecule has 1 fully saturated rings. The van der Waals surface area contributed by atoms with E-state index >= 15 is 0 Å². The van der Waals surface area contributed by atoms with Crippen LogP contribution in [-0.4, -0.2) is 4.57 Å². The van der Waals surface area contributed by atoms with E-state index in [2.05, 4.69) is 284 Å². The maximum Gasteiger partial charge on any atom is 0.0541 e. The molecule has 1 nitrogen and oxygen atoms in total. The van der Waals surface area contributed by atoms with Gasteiger partial charge in [0.25, 0.3) is 0 Å². The molecule has 2 unspecified atom stereocenters. The molecule has 3 aliphatic carbocycles. The van der Waals surface area contributed by atoms with Gasteiger partial charge in [-0.1, -0.05) is 231 Å². The molecule has 14 aromatic rings. The molecular formula is C78H51N. The van der Waals surface area contributed by atoms with E-state index in [0.29, 0.717) is 5.92 Å². The Morgan fingerprint density at radius 2 is 0.810 bits per heavy atom. The number of benzene rings is 13. The third-order valence-electron chi connectivity index (χ3n) is 18.2. The van der Waals surface area contributed by atoms with Gasteiger partial charge in [-0.05, 0) is 194 Å². The molecule has 0 bridgehead atoms. The number of allylic oxidation sites excluding steroid dienone is 4. The SMILES string of the molecule is C1=CC2(c3ccc(-c4cc5ccccc5c5ccccc45)cc3)CC2C=C1c1ccc2c(c1)c1cc(-c3ccc(-c4ccc(-c5cc6ccccc6c6ccccc56)cc4)cc3)ccc1n2-c1ccc2c(c1)Cc1ccccc1-2. The third-order valence-corrected chi connectivity index (χ3v) is 18.2. The Morgan fingerprint density at radius 3 is 1.43 bits per heavy atom. The lowest BCUT2D eigenvalue weighted by atomic mass is 9.85. The van der Waals surface area contributed by atoms with Crippen LogP contribution < -0.4 is 0 Å². The van der Waals surface area contributed by atoms with Crippen LogP contribution in [0, 0.1) is 5.92 Å². The molecule has 1 heterocycles. The molecule has 0 N–H and O–H groups in total. The average Bonchev–Trinajstić information content (AvgIpc) is 4.25. The lowest BCUT2D eigenvalue weighted by Gasteiger charge is -2.18. The Bertz CT molecular complexity index is 4930. The van der Waals surface area contributed by atoms with E-state index in [-0.39, 0.29) is 5.41 Å². The highest BCUT2D eigenvalue weighted by Gasteiger charge is 2.53. The molecule has 13 aromatic carbocycles. The topological polar surface area (TPSA) is 4.93 Å². The molecule has 1 saturated carbocycles. The first kappa shape index (κ1) is 44.3. The molecule has 1 aromatic heterocycles. The Morgan fingerprint density at radius 1 is 0.329 bits per heavy atom. The van der Waals surface area contributed by atoms with E-state index in [4.69, 9.17) is 0 Å². The minimum absolute atomic E-state index is 0.0436. The van der Waals surface area contributed by atoms with Gasteiger partial charge in [-0.2, -0.15) is 0 Å². The van der Waals surface area contributed by atoms with Crippen LogP contribution in [0.3, 0.4) is 0 Å². The van der Waals surface area contributed by atoms with Gasteiger partial charge in [0.1, 0.15) is 0 Å². The zero-order chi connectivity index (χ0) is 51.8. The van der Waals surface area contributed by atoms with Crippen molar-refractivity contribution in [1.29, 1.82) is 0 Å². The van der Waals surface area contributed by atoms with E-state index in [1.165, 1.54) is 154 Å². The average molecular weight is 1000 g/mol. The van der Waals surface area contributed by atoms with E-state index in [9.17, 15) is 0 Å². The molecule has 0 saturated heterocycles. The monoisotopic (exact) mass is 1000 g/mol. The second-order valence-corrected chi connectivity index (χ2v) is 22.4. The van der Waals surface area contributed by atoms with Crippen molar-refractivity contribution in [3.63, 3.8) is 0 Å². The van der Waals surface area contributed by atoms with E-state index in [1.807, 2.05) is 0 Å². The van der Waals surface area contributed by atoms with Crippen molar-refractivity contribution in [3.05, 3.63) is 301 Å². The fraction of sp³-hybridized carbons (Fsp3) is 0.0513. The molecule has 3 aliphatic rings. The summed E-state index contributed by atoms with van der Waals surface area (Å²) in [6.45, 7) is 0. The summed E-state index contributed by atoms with van der Waals surface area (Å²) in [5.74, 6) is 0.463. The Labute approximate surface area is 459 Å². The predicted molar refractivity (Wildman–Crippen MR) is 334 cm³/mol. The summed E-state index contributed by atoms with van der Waals surface area (Å²) in [6.07, 6.45) is 9.55. The van der Waals surface area contributed by atoms with Crippen molar-refractivity contribution in [2.75, 3.05) is 0 Å². The highest BCUT2D eigenvalue weighted by molar-refractivity contribution is 6.15. The lowest BCUT2D eigenvalue weighted by Crippen LogP contribution is -2.08. The molecular weight excluding hydrogens is 951 g/mol. The van der Waals surface area contributed by atoms with Gasteiger partial charge in [0.2, 0.25) is 0 Å². The van der Waals surface area contributed by atoms with Gasteiger partial charge in [-0.3, -0.25) is 0 Å². The number of aromatic nitrogens is 1. The quantitative estimate of drug-likeness (QED) is 0.140. The molecule has 0 spiro atoms. The first-order valence-corrected chi connectivity index (χ1v) is 27.9. The van der Waals surface area contributed by atoms with E-state index < -0.39 is 0 Å². The zero-order valence-electron chi connectivity index (χ0n) is 43.5. The van der Waals surface area contributed by atoms with Gasteiger partial charge in [-0.25, -0.2) is 0 Å². The van der Waals surface area contributed by atoms with Crippen LogP contribution in [0.25, 0.3) is 132 Å². The summed E-state index contributed by atoms with van der Waals surface area (Å²) in [5, 5.41) is 12.9. The van der Waals surface area contributed by atoms with Crippen LogP contribution in [0.15, 0.2) is 279 Å². The van der Waals surface area contributed by atoms with Crippen LogP contribution in [0.1, 0.15) is 28.7 Å². The van der Waals surface area contributed by atoms with Crippen LogP contribution in [0.2, 0.25) is 0 Å². The minimum atomic E-state index is 0.0436. The molecule has 0 amide bonds. The molecule has 2 atom stereocenters. The molecule has 0 radical (unpaired) electrons. The van der Waals surface area contributed by atoms with Crippen molar-refractivity contribution in [2.24, 2.45) is 5.92 Å². The van der Waals surface area contributed by atoms with Crippen LogP contribution >= 0.6 is 0 Å². The second-order valence-electron chi connectivity index (χ2n) is 22.4. The molecule has 79 heavy (non-hydrogen) atoms. The first-order chi connectivity index (χ1) is 39.1. The number of hydrogen-bond acceptors (Lipinski definition) is 0. The van der Waals surface area contributed by atoms with Crippen molar-refractivity contribution in [2.45, 2.75) is 18.3 Å². The molecule has 368 valence electrons. The van der Waals surface area contributed by atoms with Gasteiger partial charge in [0.15, 0.2) is 0 Å². The van der Waals surface area contributed by atoms with Crippen LogP contribution in [0.5, 0.6) is 0 Å². The van der Waals surface area contributed by atoms with Gasteiger partial charge in [-0.15, -0.1) is 0 Å². The number of hydrogen-bond donors (Lipinski definition) is 0. The predicted octanol–water partition coefficient (Wildman–Crippen LogP) is 20.5. The van der Waals surface area contributed by atoms with Crippen LogP contribution in [-0.2, 0) is 11.8 Å². The summed E-state index contributed by atoms with van der Waals surface area (Å²) < 4.78 is 2.50. The van der Waals surface area contributed by atoms with Crippen molar-refractivity contribution in [3.8, 4) is 61.3 Å². The van der Waals surface area contributed by atoms with Gasteiger partial charge < -0.3 is 4.57 Å². The third kappa shape index (κ3) is 6.96. The zero-order valence-corrected chi connectivity index (χ0v) is 43.5. The van der Waals surface area contributed by atoms with E-state index in [0.717, 1.165) is 12.8 Å². The highest BCUT2D eigenvalue weighted by atomic mass is 15.0. The molecule has 17 rings (SSSR count). The summed E-state index contributed by atoms with van der Waals surface area (Å²) in [4.78, 5) is 0. The van der Waals surface area contributed by atoms with E-state index in [1.54, 1.807) is 0 Å². The van der Waals surface area contributed by atoms with Gasteiger partial charge in [0.05, 0.1) is 11.0 Å². The molecule has 1 heteroatoms. The lowest BCUT2D eigenvalue weighted by molar-refractivity contribution is 0.820. The van der Waals surface area contributed by atoms with Crippen molar-refractivity contribution >= 4 is 70.5 Å². The Hall–Kier alpha value is -9.82.